The molecule has 1 rings (SSSR count). The summed E-state index contributed by atoms with van der Waals surface area (Å²) in [5, 5.41) is 0. The standard InChI is InChI=1S/C10H19BO2/c1-10(6-3-2-4-7-10)13-9(12)5-8-11/h2-8,11H2,1H3. The van der Waals surface area contributed by atoms with Crippen LogP contribution >= 0.6 is 0 Å². The van der Waals surface area contributed by atoms with E-state index in [9.17, 15) is 4.79 Å². The van der Waals surface area contributed by atoms with Gasteiger partial charge in [0.1, 0.15) is 13.4 Å². The highest BCUT2D eigenvalue weighted by molar-refractivity contribution is 6.09. The van der Waals surface area contributed by atoms with Crippen molar-refractivity contribution in [3.05, 3.63) is 0 Å². The van der Waals surface area contributed by atoms with Crippen molar-refractivity contribution in [3.8, 4) is 0 Å². The number of esters is 1. The predicted molar refractivity (Wildman–Crippen MR) is 55.6 cm³/mol. The van der Waals surface area contributed by atoms with Crippen LogP contribution in [0.5, 0.6) is 0 Å². The molecule has 74 valence electrons. The van der Waals surface area contributed by atoms with E-state index in [1.165, 1.54) is 19.3 Å². The smallest absolute Gasteiger partial charge is 0.305 e. The van der Waals surface area contributed by atoms with Crippen molar-refractivity contribution in [2.45, 2.75) is 57.4 Å². The molecule has 0 amide bonds. The van der Waals surface area contributed by atoms with Gasteiger partial charge in [0.15, 0.2) is 0 Å². The zero-order valence-corrected chi connectivity index (χ0v) is 8.77. The second-order valence-electron chi connectivity index (χ2n) is 4.23. The highest BCUT2D eigenvalue weighted by Crippen LogP contribution is 2.31. The lowest BCUT2D eigenvalue weighted by Crippen LogP contribution is -2.33. The minimum Gasteiger partial charge on any atom is -0.459 e. The van der Waals surface area contributed by atoms with E-state index < -0.39 is 0 Å². The van der Waals surface area contributed by atoms with Gasteiger partial charge in [-0.15, -0.1) is 0 Å². The molecular weight excluding hydrogens is 163 g/mol. The van der Waals surface area contributed by atoms with Crippen LogP contribution in [-0.4, -0.2) is 19.4 Å². The molecule has 1 fully saturated rings. The van der Waals surface area contributed by atoms with Gasteiger partial charge in [-0.05, 0) is 32.6 Å². The van der Waals surface area contributed by atoms with Gasteiger partial charge in [0, 0.05) is 6.42 Å². The maximum Gasteiger partial charge on any atom is 0.305 e. The zero-order valence-electron chi connectivity index (χ0n) is 8.77. The molecule has 3 heteroatoms. The van der Waals surface area contributed by atoms with Gasteiger partial charge < -0.3 is 4.74 Å². The Bertz CT molecular complexity index is 174. The fraction of sp³-hybridized carbons (Fsp3) is 0.900. The Labute approximate surface area is 81.4 Å². The Hall–Kier alpha value is -0.465. The summed E-state index contributed by atoms with van der Waals surface area (Å²) in [6.45, 7) is 2.07. The van der Waals surface area contributed by atoms with E-state index in [0.29, 0.717) is 6.42 Å². The molecule has 13 heavy (non-hydrogen) atoms. The van der Waals surface area contributed by atoms with E-state index in [1.807, 2.05) is 7.85 Å². The molecule has 0 radical (unpaired) electrons. The van der Waals surface area contributed by atoms with Gasteiger partial charge in [-0.25, -0.2) is 0 Å². The van der Waals surface area contributed by atoms with Gasteiger partial charge in [-0.3, -0.25) is 4.79 Å². The van der Waals surface area contributed by atoms with Gasteiger partial charge in [0.2, 0.25) is 0 Å². The molecule has 0 saturated heterocycles. The molecule has 1 aliphatic carbocycles. The minimum atomic E-state index is -0.148. The number of rotatable bonds is 3. The maximum absolute atomic E-state index is 11.3. The largest absolute Gasteiger partial charge is 0.459 e. The Morgan fingerprint density at radius 3 is 2.54 bits per heavy atom. The van der Waals surface area contributed by atoms with Crippen molar-refractivity contribution < 1.29 is 9.53 Å². The summed E-state index contributed by atoms with van der Waals surface area (Å²) in [6.07, 6.45) is 7.24. The van der Waals surface area contributed by atoms with E-state index in [-0.39, 0.29) is 11.6 Å². The monoisotopic (exact) mass is 182 g/mol. The summed E-state index contributed by atoms with van der Waals surface area (Å²) in [6, 6.07) is 0. The van der Waals surface area contributed by atoms with E-state index in [0.717, 1.165) is 19.2 Å². The third-order valence-electron chi connectivity index (χ3n) is 2.73. The molecule has 0 spiro atoms. The van der Waals surface area contributed by atoms with Crippen molar-refractivity contribution in [1.29, 1.82) is 0 Å². The average Bonchev–Trinajstić information content (AvgIpc) is 2.04. The van der Waals surface area contributed by atoms with Gasteiger partial charge in [0.05, 0.1) is 0 Å². The number of ether oxygens (including phenoxy) is 1. The SMILES string of the molecule is BCCC(=O)OC1(C)CCCCC1. The van der Waals surface area contributed by atoms with E-state index >= 15 is 0 Å². The molecule has 1 saturated carbocycles. The number of carbonyl (C=O) groups excluding carboxylic acids is 1. The van der Waals surface area contributed by atoms with Crippen LogP contribution in [0.3, 0.4) is 0 Å². The van der Waals surface area contributed by atoms with Crippen molar-refractivity contribution in [2.24, 2.45) is 0 Å². The first kappa shape index (κ1) is 10.6. The molecule has 0 atom stereocenters. The first-order chi connectivity index (χ1) is 6.16. The summed E-state index contributed by atoms with van der Waals surface area (Å²) in [5.41, 5.74) is -0.148. The van der Waals surface area contributed by atoms with Crippen LogP contribution in [0.25, 0.3) is 0 Å². The molecule has 0 N–H and O–H groups in total. The first-order valence-electron chi connectivity index (χ1n) is 5.38. The maximum atomic E-state index is 11.3. The van der Waals surface area contributed by atoms with E-state index in [1.54, 1.807) is 0 Å². The molecule has 0 aromatic heterocycles. The molecule has 1 aliphatic rings. The van der Waals surface area contributed by atoms with Crippen molar-refractivity contribution in [3.63, 3.8) is 0 Å². The van der Waals surface area contributed by atoms with Gasteiger partial charge >= 0.3 is 5.97 Å². The molecule has 0 unspecified atom stereocenters. The minimum absolute atomic E-state index is 0.0214. The van der Waals surface area contributed by atoms with Crippen LogP contribution in [0, 0.1) is 0 Å². The molecule has 0 bridgehead atoms. The molecule has 0 aromatic rings. The van der Waals surface area contributed by atoms with Crippen LogP contribution < -0.4 is 0 Å². The zero-order chi connectivity index (χ0) is 9.73. The second-order valence-corrected chi connectivity index (χ2v) is 4.23. The van der Waals surface area contributed by atoms with Crippen molar-refractivity contribution in [2.75, 3.05) is 0 Å². The molecular formula is C10H19BO2. The lowest BCUT2D eigenvalue weighted by atomic mass is 9.86. The Morgan fingerprint density at radius 2 is 2.00 bits per heavy atom. The summed E-state index contributed by atoms with van der Waals surface area (Å²) in [5.74, 6) is -0.0214. The lowest BCUT2D eigenvalue weighted by Gasteiger charge is -2.33. The van der Waals surface area contributed by atoms with Crippen molar-refractivity contribution >= 4 is 13.8 Å². The molecule has 0 aromatic carbocycles. The fourth-order valence-electron chi connectivity index (χ4n) is 1.93. The van der Waals surface area contributed by atoms with Crippen LogP contribution in [0.15, 0.2) is 0 Å². The van der Waals surface area contributed by atoms with Crippen LogP contribution in [0.2, 0.25) is 6.32 Å². The van der Waals surface area contributed by atoms with Crippen LogP contribution in [-0.2, 0) is 9.53 Å². The van der Waals surface area contributed by atoms with E-state index in [4.69, 9.17) is 4.74 Å². The second kappa shape index (κ2) is 4.68. The van der Waals surface area contributed by atoms with Crippen LogP contribution in [0.4, 0.5) is 0 Å². The van der Waals surface area contributed by atoms with Gasteiger partial charge in [-0.1, -0.05) is 12.7 Å². The Morgan fingerprint density at radius 1 is 1.38 bits per heavy atom. The summed E-state index contributed by atoms with van der Waals surface area (Å²) >= 11 is 0. The molecule has 2 nitrogen and oxygen atoms in total. The van der Waals surface area contributed by atoms with Gasteiger partial charge in [0.25, 0.3) is 0 Å². The topological polar surface area (TPSA) is 26.3 Å². The summed E-state index contributed by atoms with van der Waals surface area (Å²) in [7, 11) is 2.00. The number of hydrogen-bond acceptors (Lipinski definition) is 2. The normalized spacial score (nSPS) is 21.0. The lowest BCUT2D eigenvalue weighted by molar-refractivity contribution is -0.160. The van der Waals surface area contributed by atoms with Crippen molar-refractivity contribution in [1.82, 2.24) is 0 Å². The number of carbonyl (C=O) groups is 1. The quantitative estimate of drug-likeness (QED) is 0.490. The summed E-state index contributed by atoms with van der Waals surface area (Å²) in [4.78, 5) is 11.3. The highest BCUT2D eigenvalue weighted by atomic mass is 16.6. The average molecular weight is 182 g/mol. The van der Waals surface area contributed by atoms with E-state index in [2.05, 4.69) is 6.92 Å². The fourth-order valence-corrected chi connectivity index (χ4v) is 1.93. The number of hydrogen-bond donors (Lipinski definition) is 0. The molecule has 0 aliphatic heterocycles. The predicted octanol–water partition coefficient (Wildman–Crippen LogP) is 1.69. The highest BCUT2D eigenvalue weighted by Gasteiger charge is 2.30. The molecule has 0 heterocycles. The van der Waals surface area contributed by atoms with Gasteiger partial charge in [-0.2, -0.15) is 0 Å². The third-order valence-corrected chi connectivity index (χ3v) is 2.73. The first-order valence-corrected chi connectivity index (χ1v) is 5.38. The third kappa shape index (κ3) is 3.41. The van der Waals surface area contributed by atoms with Crippen LogP contribution in [0.1, 0.15) is 45.4 Å². The Balaban J connectivity index is 2.36. The Kier molecular flexibility index (Phi) is 3.82. The summed E-state index contributed by atoms with van der Waals surface area (Å²) < 4.78 is 5.48.